The average Bonchev–Trinajstić information content (AvgIpc) is 2.72. The summed E-state index contributed by atoms with van der Waals surface area (Å²) in [7, 11) is -3.77. The minimum atomic E-state index is -3.77. The number of sulfonamides is 1. The standard InChI is InChI=1S/C22H20ClFN2O4S/c1-14-3-4-17(11-15(14)2)26-31(28,29)19-8-6-18(7-9-19)30-13-22(27)25-16-5-10-21(24)20(23)12-16/h3-12,26H,13H2,1-2H3,(H,25,27). The Morgan fingerprint density at radius 1 is 0.968 bits per heavy atom. The minimum absolute atomic E-state index is 0.0588. The molecule has 9 heteroatoms. The van der Waals surface area contributed by atoms with Gasteiger partial charge in [0.15, 0.2) is 6.61 Å². The maximum absolute atomic E-state index is 13.2. The minimum Gasteiger partial charge on any atom is -0.484 e. The molecule has 0 saturated heterocycles. The largest absolute Gasteiger partial charge is 0.484 e. The molecule has 0 aliphatic rings. The van der Waals surface area contributed by atoms with Gasteiger partial charge in [-0.05, 0) is 79.6 Å². The van der Waals surface area contributed by atoms with Crippen molar-refractivity contribution in [1.82, 2.24) is 0 Å². The fraction of sp³-hybridized carbons (Fsp3) is 0.136. The number of benzene rings is 3. The van der Waals surface area contributed by atoms with Crippen LogP contribution in [0.2, 0.25) is 5.02 Å². The Morgan fingerprint density at radius 2 is 1.65 bits per heavy atom. The number of aryl methyl sites for hydroxylation is 2. The Kier molecular flexibility index (Phi) is 6.82. The summed E-state index contributed by atoms with van der Waals surface area (Å²) in [5.74, 6) is -0.744. The summed E-state index contributed by atoms with van der Waals surface area (Å²) in [4.78, 5) is 12.0. The normalized spacial score (nSPS) is 11.1. The number of nitrogens with one attached hydrogen (secondary N) is 2. The van der Waals surface area contributed by atoms with Gasteiger partial charge in [0.25, 0.3) is 15.9 Å². The van der Waals surface area contributed by atoms with Crippen molar-refractivity contribution >= 4 is 38.9 Å². The second-order valence-electron chi connectivity index (χ2n) is 6.84. The molecule has 0 radical (unpaired) electrons. The molecule has 6 nitrogen and oxygen atoms in total. The van der Waals surface area contributed by atoms with Crippen LogP contribution in [0, 0.1) is 19.7 Å². The van der Waals surface area contributed by atoms with Crippen molar-refractivity contribution in [3.8, 4) is 5.75 Å². The summed E-state index contributed by atoms with van der Waals surface area (Å²) >= 11 is 5.68. The topological polar surface area (TPSA) is 84.5 Å². The van der Waals surface area contributed by atoms with Gasteiger partial charge in [0, 0.05) is 11.4 Å². The molecule has 2 N–H and O–H groups in total. The van der Waals surface area contributed by atoms with Crippen LogP contribution in [0.4, 0.5) is 15.8 Å². The van der Waals surface area contributed by atoms with Gasteiger partial charge >= 0.3 is 0 Å². The van der Waals surface area contributed by atoms with E-state index in [2.05, 4.69) is 10.0 Å². The molecule has 0 unspecified atom stereocenters. The molecule has 0 bridgehead atoms. The van der Waals surface area contributed by atoms with E-state index in [1.165, 1.54) is 36.4 Å². The van der Waals surface area contributed by atoms with Crippen LogP contribution in [-0.2, 0) is 14.8 Å². The van der Waals surface area contributed by atoms with Crippen molar-refractivity contribution in [2.45, 2.75) is 18.7 Å². The number of rotatable bonds is 7. The lowest BCUT2D eigenvalue weighted by Gasteiger charge is -2.11. The predicted molar refractivity (Wildman–Crippen MR) is 119 cm³/mol. The first-order valence-electron chi connectivity index (χ1n) is 9.22. The van der Waals surface area contributed by atoms with Crippen LogP contribution in [0.25, 0.3) is 0 Å². The molecule has 0 spiro atoms. The SMILES string of the molecule is Cc1ccc(NS(=O)(=O)c2ccc(OCC(=O)Nc3ccc(F)c(Cl)c3)cc2)cc1C. The van der Waals surface area contributed by atoms with Gasteiger partial charge in [-0.25, -0.2) is 12.8 Å². The summed E-state index contributed by atoms with van der Waals surface area (Å²) in [5.41, 5.74) is 2.85. The van der Waals surface area contributed by atoms with Gasteiger partial charge in [-0.2, -0.15) is 0 Å². The van der Waals surface area contributed by atoms with Crippen molar-refractivity contribution < 1.29 is 22.3 Å². The zero-order valence-corrected chi connectivity index (χ0v) is 18.4. The molecular formula is C22H20ClFN2O4S. The highest BCUT2D eigenvalue weighted by atomic mass is 35.5. The van der Waals surface area contributed by atoms with Crippen molar-refractivity contribution in [3.63, 3.8) is 0 Å². The Labute approximate surface area is 185 Å². The number of anilines is 2. The second-order valence-corrected chi connectivity index (χ2v) is 8.93. The van der Waals surface area contributed by atoms with Gasteiger partial charge in [-0.1, -0.05) is 17.7 Å². The quantitative estimate of drug-likeness (QED) is 0.522. The predicted octanol–water partition coefficient (Wildman–Crippen LogP) is 4.91. The molecule has 0 heterocycles. The number of ether oxygens (including phenoxy) is 1. The molecule has 0 saturated carbocycles. The van der Waals surface area contributed by atoms with Crippen LogP contribution in [-0.4, -0.2) is 20.9 Å². The van der Waals surface area contributed by atoms with E-state index in [0.717, 1.165) is 17.2 Å². The van der Waals surface area contributed by atoms with E-state index in [9.17, 15) is 17.6 Å². The van der Waals surface area contributed by atoms with Crippen molar-refractivity contribution in [1.29, 1.82) is 0 Å². The van der Waals surface area contributed by atoms with E-state index in [1.54, 1.807) is 12.1 Å². The van der Waals surface area contributed by atoms with Gasteiger partial charge in [0.2, 0.25) is 0 Å². The molecule has 0 aromatic heterocycles. The molecule has 0 fully saturated rings. The molecule has 31 heavy (non-hydrogen) atoms. The van der Waals surface area contributed by atoms with Crippen molar-refractivity contribution in [2.75, 3.05) is 16.6 Å². The van der Waals surface area contributed by atoms with Crippen LogP contribution < -0.4 is 14.8 Å². The Bertz CT molecular complexity index is 1210. The van der Waals surface area contributed by atoms with E-state index in [-0.39, 0.29) is 16.5 Å². The van der Waals surface area contributed by atoms with E-state index in [0.29, 0.717) is 17.1 Å². The maximum Gasteiger partial charge on any atom is 0.262 e. The van der Waals surface area contributed by atoms with Gasteiger partial charge in [-0.3, -0.25) is 9.52 Å². The van der Waals surface area contributed by atoms with Crippen molar-refractivity contribution in [2.24, 2.45) is 0 Å². The third-order valence-electron chi connectivity index (χ3n) is 4.47. The van der Waals surface area contributed by atoms with Crippen LogP contribution >= 0.6 is 11.6 Å². The Hall–Kier alpha value is -3.10. The first-order chi connectivity index (χ1) is 14.6. The smallest absolute Gasteiger partial charge is 0.262 e. The summed E-state index contributed by atoms with van der Waals surface area (Å²) in [6.45, 7) is 3.53. The first-order valence-corrected chi connectivity index (χ1v) is 11.1. The molecule has 3 aromatic rings. The van der Waals surface area contributed by atoms with Crippen LogP contribution in [0.3, 0.4) is 0 Å². The molecule has 3 rings (SSSR count). The van der Waals surface area contributed by atoms with E-state index < -0.39 is 21.7 Å². The zero-order chi connectivity index (χ0) is 22.6. The van der Waals surface area contributed by atoms with Gasteiger partial charge in [-0.15, -0.1) is 0 Å². The second kappa shape index (κ2) is 9.36. The summed E-state index contributed by atoms with van der Waals surface area (Å²) in [5, 5.41) is 2.42. The third-order valence-corrected chi connectivity index (χ3v) is 6.15. The summed E-state index contributed by atoms with van der Waals surface area (Å²) in [6, 6.07) is 14.8. The third kappa shape index (κ3) is 5.96. The molecule has 0 aliphatic carbocycles. The lowest BCUT2D eigenvalue weighted by atomic mass is 10.1. The van der Waals surface area contributed by atoms with E-state index >= 15 is 0 Å². The fourth-order valence-electron chi connectivity index (χ4n) is 2.65. The van der Waals surface area contributed by atoms with E-state index in [1.807, 2.05) is 19.9 Å². The lowest BCUT2D eigenvalue weighted by Crippen LogP contribution is -2.20. The number of amides is 1. The summed E-state index contributed by atoms with van der Waals surface area (Å²) in [6.07, 6.45) is 0. The summed E-state index contributed by atoms with van der Waals surface area (Å²) < 4.78 is 46.2. The monoisotopic (exact) mass is 462 g/mol. The van der Waals surface area contributed by atoms with Crippen molar-refractivity contribution in [3.05, 3.63) is 82.6 Å². The maximum atomic E-state index is 13.2. The average molecular weight is 463 g/mol. The highest BCUT2D eigenvalue weighted by molar-refractivity contribution is 7.92. The molecule has 1 amide bonds. The number of carbonyl (C=O) groups excluding carboxylic acids is 1. The number of hydrogen-bond acceptors (Lipinski definition) is 4. The molecule has 0 atom stereocenters. The molecule has 162 valence electrons. The van der Waals surface area contributed by atoms with Crippen LogP contribution in [0.5, 0.6) is 5.75 Å². The zero-order valence-electron chi connectivity index (χ0n) is 16.8. The number of halogens is 2. The highest BCUT2D eigenvalue weighted by Crippen LogP contribution is 2.22. The van der Waals surface area contributed by atoms with E-state index in [4.69, 9.17) is 16.3 Å². The van der Waals surface area contributed by atoms with Gasteiger partial charge in [0.05, 0.1) is 9.92 Å². The van der Waals surface area contributed by atoms with Crippen LogP contribution in [0.15, 0.2) is 65.6 Å². The molecular weight excluding hydrogens is 443 g/mol. The van der Waals surface area contributed by atoms with Gasteiger partial charge in [0.1, 0.15) is 11.6 Å². The van der Waals surface area contributed by atoms with Crippen LogP contribution in [0.1, 0.15) is 11.1 Å². The number of carbonyl (C=O) groups is 1. The fourth-order valence-corrected chi connectivity index (χ4v) is 3.88. The highest BCUT2D eigenvalue weighted by Gasteiger charge is 2.15. The lowest BCUT2D eigenvalue weighted by molar-refractivity contribution is -0.118. The Morgan fingerprint density at radius 3 is 2.29 bits per heavy atom. The number of hydrogen-bond donors (Lipinski definition) is 2. The first kappa shape index (κ1) is 22.6. The Balaban J connectivity index is 1.59. The molecule has 0 aliphatic heterocycles. The van der Waals surface area contributed by atoms with Gasteiger partial charge < -0.3 is 10.1 Å². The molecule has 3 aromatic carbocycles.